The summed E-state index contributed by atoms with van der Waals surface area (Å²) in [7, 11) is 0. The van der Waals surface area contributed by atoms with Crippen molar-refractivity contribution >= 4 is 51.5 Å². The Morgan fingerprint density at radius 3 is 2.61 bits per heavy atom. The Bertz CT molecular complexity index is 1090. The van der Waals surface area contributed by atoms with Crippen LogP contribution in [0.25, 0.3) is 16.9 Å². The van der Waals surface area contributed by atoms with Crippen molar-refractivity contribution in [1.82, 2.24) is 4.57 Å². The molecular formula is C24H23BrFNNaO3. The second-order valence-corrected chi connectivity index (χ2v) is 8.68. The van der Waals surface area contributed by atoms with Gasteiger partial charge in [0, 0.05) is 51.0 Å². The predicted octanol–water partition coefficient (Wildman–Crippen LogP) is 6.24. The molecule has 3 aromatic rings. The summed E-state index contributed by atoms with van der Waals surface area (Å²) in [4.78, 5) is 11.4. The van der Waals surface area contributed by atoms with E-state index in [0.29, 0.717) is 18.2 Å². The third-order valence-corrected chi connectivity index (χ3v) is 6.17. The van der Waals surface area contributed by atoms with E-state index in [2.05, 4.69) is 15.9 Å². The van der Waals surface area contributed by atoms with Gasteiger partial charge < -0.3 is 14.4 Å². The van der Waals surface area contributed by atoms with Crippen LogP contribution in [0.3, 0.4) is 0 Å². The topological polar surface area (TPSA) is 51.5 Å². The van der Waals surface area contributed by atoms with Gasteiger partial charge in [0.05, 0.1) is 17.9 Å². The summed E-state index contributed by atoms with van der Waals surface area (Å²) in [5.41, 5.74) is 2.91. The molecule has 0 saturated heterocycles. The third-order valence-electron chi connectivity index (χ3n) is 5.68. The number of benzene rings is 2. The summed E-state index contributed by atoms with van der Waals surface area (Å²) < 4.78 is 23.0. The average molecular weight is 495 g/mol. The second-order valence-electron chi connectivity index (χ2n) is 7.77. The first-order chi connectivity index (χ1) is 14.4. The predicted molar refractivity (Wildman–Crippen MR) is 124 cm³/mol. The van der Waals surface area contributed by atoms with Gasteiger partial charge >= 0.3 is 5.97 Å². The van der Waals surface area contributed by atoms with E-state index in [1.54, 1.807) is 6.07 Å². The van der Waals surface area contributed by atoms with Crippen molar-refractivity contribution in [2.75, 3.05) is 6.61 Å². The number of aryl methyl sites for hydroxylation is 1. The van der Waals surface area contributed by atoms with Crippen LogP contribution in [0.4, 0.5) is 4.39 Å². The van der Waals surface area contributed by atoms with Crippen LogP contribution in [0.15, 0.2) is 53.0 Å². The third kappa shape index (κ3) is 5.25. The number of halogens is 2. The normalized spacial score (nSPS) is 13.8. The largest absolute Gasteiger partial charge is 0.493 e. The number of hydrogen-bond donors (Lipinski definition) is 1. The van der Waals surface area contributed by atoms with Crippen molar-refractivity contribution in [1.29, 1.82) is 0 Å². The maximum absolute atomic E-state index is 13.9. The van der Waals surface area contributed by atoms with Crippen LogP contribution in [0, 0.1) is 18.7 Å². The minimum absolute atomic E-state index is 0. The van der Waals surface area contributed by atoms with Crippen LogP contribution in [-0.2, 0) is 0 Å². The van der Waals surface area contributed by atoms with E-state index < -0.39 is 11.8 Å². The molecule has 0 bridgehead atoms. The molecular weight excluding hydrogens is 472 g/mol. The Morgan fingerprint density at radius 1 is 1.16 bits per heavy atom. The second kappa shape index (κ2) is 10.3. The fourth-order valence-electron chi connectivity index (χ4n) is 4.12. The molecule has 0 amide bonds. The number of nitrogens with zero attached hydrogens (tertiary/aromatic N) is 1. The molecule has 31 heavy (non-hydrogen) atoms. The van der Waals surface area contributed by atoms with E-state index in [1.165, 1.54) is 37.8 Å². The van der Waals surface area contributed by atoms with Gasteiger partial charge in [0.2, 0.25) is 0 Å². The molecule has 1 heterocycles. The molecule has 157 valence electrons. The Balaban J connectivity index is 0.00000272. The number of carboxylic acid groups (broad SMARTS) is 1. The van der Waals surface area contributed by atoms with Crippen molar-refractivity contribution in [2.24, 2.45) is 5.92 Å². The van der Waals surface area contributed by atoms with Crippen LogP contribution in [0.5, 0.6) is 5.75 Å². The molecule has 1 N–H and O–H groups in total. The van der Waals surface area contributed by atoms with Crippen molar-refractivity contribution in [3.8, 4) is 22.7 Å². The molecule has 4 rings (SSSR count). The zero-order valence-electron chi connectivity index (χ0n) is 17.7. The standard InChI is InChI=1S/C24H23BrFNO3.Na/c1-15-6-10-22(27(15)18-8-9-21(26)19(13-18)24(28)29)20-12-17(25)7-11-23(20)30-14-16-4-2-3-5-16;/h6-13,16H,2-5,14H2,1H3,(H,28,29);. The molecule has 4 nitrogen and oxygen atoms in total. The zero-order valence-corrected chi connectivity index (χ0v) is 21.3. The van der Waals surface area contributed by atoms with Gasteiger partial charge in [-0.3, -0.25) is 0 Å². The maximum Gasteiger partial charge on any atom is 0.338 e. The monoisotopic (exact) mass is 494 g/mol. The van der Waals surface area contributed by atoms with E-state index in [1.807, 2.05) is 41.8 Å². The molecule has 7 heteroatoms. The molecule has 1 aliphatic carbocycles. The molecule has 1 radical (unpaired) electrons. The van der Waals surface area contributed by atoms with E-state index in [4.69, 9.17) is 4.74 Å². The molecule has 1 aliphatic rings. The SMILES string of the molecule is Cc1ccc(-c2cc(Br)ccc2OCC2CCCC2)n1-c1ccc(F)c(C(=O)O)c1.[Na]. The molecule has 0 aliphatic heterocycles. The summed E-state index contributed by atoms with van der Waals surface area (Å²) in [5, 5.41) is 9.32. The van der Waals surface area contributed by atoms with Gasteiger partial charge in [-0.15, -0.1) is 0 Å². The first-order valence-corrected chi connectivity index (χ1v) is 10.9. The molecule has 2 aromatic carbocycles. The Morgan fingerprint density at radius 2 is 1.90 bits per heavy atom. The van der Waals surface area contributed by atoms with Crippen molar-refractivity contribution in [3.63, 3.8) is 0 Å². The van der Waals surface area contributed by atoms with Gasteiger partial charge in [-0.1, -0.05) is 28.8 Å². The first kappa shape index (κ1) is 24.1. The first-order valence-electron chi connectivity index (χ1n) is 10.1. The van der Waals surface area contributed by atoms with E-state index in [-0.39, 0.29) is 35.1 Å². The summed E-state index contributed by atoms with van der Waals surface area (Å²) >= 11 is 3.55. The van der Waals surface area contributed by atoms with Crippen LogP contribution in [0.1, 0.15) is 41.7 Å². The van der Waals surface area contributed by atoms with Crippen molar-refractivity contribution in [3.05, 3.63) is 70.1 Å². The quantitative estimate of drug-likeness (QED) is 0.412. The average Bonchev–Trinajstić information content (AvgIpc) is 3.37. The molecule has 0 atom stereocenters. The van der Waals surface area contributed by atoms with Crippen LogP contribution >= 0.6 is 15.9 Å². The molecule has 1 saturated carbocycles. The molecule has 1 aromatic heterocycles. The minimum Gasteiger partial charge on any atom is -0.493 e. The summed E-state index contributed by atoms with van der Waals surface area (Å²) in [5.74, 6) is -0.667. The number of hydrogen-bond acceptors (Lipinski definition) is 2. The molecule has 1 fully saturated rings. The smallest absolute Gasteiger partial charge is 0.338 e. The number of rotatable bonds is 6. The number of ether oxygens (including phenoxy) is 1. The van der Waals surface area contributed by atoms with Gasteiger partial charge in [0.25, 0.3) is 0 Å². The zero-order chi connectivity index (χ0) is 21.3. The fourth-order valence-corrected chi connectivity index (χ4v) is 4.48. The van der Waals surface area contributed by atoms with Crippen molar-refractivity contribution in [2.45, 2.75) is 32.6 Å². The maximum atomic E-state index is 13.9. The minimum atomic E-state index is -1.29. The van der Waals surface area contributed by atoms with Crippen LogP contribution in [0.2, 0.25) is 0 Å². The van der Waals surface area contributed by atoms with Crippen LogP contribution in [-0.4, -0.2) is 51.8 Å². The van der Waals surface area contributed by atoms with Gasteiger partial charge in [-0.2, -0.15) is 0 Å². The Hall–Kier alpha value is -1.60. The van der Waals surface area contributed by atoms with E-state index >= 15 is 0 Å². The molecule has 0 unspecified atom stereocenters. The van der Waals surface area contributed by atoms with Gasteiger partial charge in [0.1, 0.15) is 11.6 Å². The number of carbonyl (C=O) groups is 1. The summed E-state index contributed by atoms with van der Waals surface area (Å²) in [6.07, 6.45) is 4.93. The summed E-state index contributed by atoms with van der Waals surface area (Å²) in [6, 6.07) is 14.0. The summed E-state index contributed by atoms with van der Waals surface area (Å²) in [6.45, 7) is 2.62. The molecule has 0 spiro atoms. The number of aromatic nitrogens is 1. The fraction of sp³-hybridized carbons (Fsp3) is 0.292. The Kier molecular flexibility index (Phi) is 8.03. The Labute approximate surface area is 211 Å². The number of aromatic carboxylic acids is 1. The van der Waals surface area contributed by atoms with Crippen molar-refractivity contribution < 1.29 is 19.0 Å². The van der Waals surface area contributed by atoms with E-state index in [9.17, 15) is 14.3 Å². The van der Waals surface area contributed by atoms with E-state index in [0.717, 1.165) is 27.2 Å². The van der Waals surface area contributed by atoms with Gasteiger partial charge in [-0.25, -0.2) is 9.18 Å². The van der Waals surface area contributed by atoms with Crippen LogP contribution < -0.4 is 4.74 Å². The van der Waals surface area contributed by atoms with Gasteiger partial charge in [0.15, 0.2) is 0 Å². The number of carboxylic acids is 1. The van der Waals surface area contributed by atoms with Gasteiger partial charge in [-0.05, 0) is 74.2 Å².